The number of nitrogens with one attached hydrogen (secondary N) is 4. The van der Waals surface area contributed by atoms with Crippen molar-refractivity contribution in [3.05, 3.63) is 28.2 Å². The second kappa shape index (κ2) is 7.49. The van der Waals surface area contributed by atoms with Crippen molar-refractivity contribution in [2.24, 2.45) is 0 Å². The third kappa shape index (κ3) is 4.54. The molecular formula is C12H15BrN4O3. The minimum Gasteiger partial charge on any atom is -0.375 e. The van der Waals surface area contributed by atoms with Gasteiger partial charge in [-0.2, -0.15) is 0 Å². The summed E-state index contributed by atoms with van der Waals surface area (Å²) in [6, 6.07) is 4.46. The van der Waals surface area contributed by atoms with Crippen molar-refractivity contribution in [2.75, 3.05) is 26.0 Å². The smallest absolute Gasteiger partial charge is 0.321 e. The van der Waals surface area contributed by atoms with E-state index in [1.807, 2.05) is 0 Å². The van der Waals surface area contributed by atoms with E-state index in [0.29, 0.717) is 11.3 Å². The van der Waals surface area contributed by atoms with Crippen LogP contribution >= 0.6 is 15.9 Å². The molecule has 0 aromatic heterocycles. The highest BCUT2D eigenvalue weighted by molar-refractivity contribution is 9.10. The van der Waals surface area contributed by atoms with E-state index in [2.05, 4.69) is 37.2 Å². The van der Waals surface area contributed by atoms with Gasteiger partial charge in [0.05, 0.1) is 12.1 Å². The number of urea groups is 1. The summed E-state index contributed by atoms with van der Waals surface area (Å²) in [4.78, 5) is 34.1. The minimum absolute atomic E-state index is 0.126. The summed E-state index contributed by atoms with van der Waals surface area (Å²) in [5, 5.41) is 9.71. The van der Waals surface area contributed by atoms with Crippen LogP contribution in [0.25, 0.3) is 0 Å². The van der Waals surface area contributed by atoms with Gasteiger partial charge in [0.15, 0.2) is 0 Å². The van der Waals surface area contributed by atoms with Crippen LogP contribution in [0.3, 0.4) is 0 Å². The number of halogens is 1. The van der Waals surface area contributed by atoms with Gasteiger partial charge in [0.25, 0.3) is 5.91 Å². The van der Waals surface area contributed by atoms with Crippen LogP contribution in [0, 0.1) is 0 Å². The molecule has 1 aromatic rings. The largest absolute Gasteiger partial charge is 0.375 e. The summed E-state index contributed by atoms with van der Waals surface area (Å²) in [5.74, 6) is -0.782. The van der Waals surface area contributed by atoms with Crippen molar-refractivity contribution >= 4 is 39.5 Å². The van der Waals surface area contributed by atoms with Crippen molar-refractivity contribution < 1.29 is 14.4 Å². The van der Waals surface area contributed by atoms with Gasteiger partial charge < -0.3 is 16.0 Å². The molecule has 7 nitrogen and oxygen atoms in total. The Morgan fingerprint density at radius 3 is 2.45 bits per heavy atom. The van der Waals surface area contributed by atoms with Gasteiger partial charge in [0, 0.05) is 24.3 Å². The van der Waals surface area contributed by atoms with Crippen LogP contribution in [0.2, 0.25) is 0 Å². The van der Waals surface area contributed by atoms with Crippen LogP contribution in [0.1, 0.15) is 10.4 Å². The van der Waals surface area contributed by atoms with E-state index in [1.165, 1.54) is 14.1 Å². The van der Waals surface area contributed by atoms with Crippen LogP contribution in [-0.2, 0) is 4.79 Å². The van der Waals surface area contributed by atoms with Crippen LogP contribution in [0.15, 0.2) is 22.7 Å². The van der Waals surface area contributed by atoms with Gasteiger partial charge in [0.1, 0.15) is 0 Å². The molecule has 0 spiro atoms. The molecule has 0 saturated carbocycles. The molecule has 20 heavy (non-hydrogen) atoms. The molecule has 0 unspecified atom stereocenters. The third-order valence-corrected chi connectivity index (χ3v) is 2.87. The fourth-order valence-corrected chi connectivity index (χ4v) is 1.76. The standard InChI is InChI=1S/C12H15BrN4O3/c1-14-11(19)8-5-7(13)3-4-9(8)16-6-10(18)17-12(20)15-2/h3-5,16H,6H2,1-2H3,(H,14,19)(H2,15,17,18,20). The molecule has 0 aliphatic rings. The molecule has 4 amide bonds. The van der Waals surface area contributed by atoms with Crippen LogP contribution < -0.4 is 21.3 Å². The Kier molecular flexibility index (Phi) is 5.98. The Bertz CT molecular complexity index is 533. The Morgan fingerprint density at radius 1 is 1.15 bits per heavy atom. The Balaban J connectivity index is 2.75. The first-order chi connectivity index (χ1) is 9.47. The minimum atomic E-state index is -0.584. The zero-order valence-corrected chi connectivity index (χ0v) is 12.6. The quantitative estimate of drug-likeness (QED) is 0.646. The topological polar surface area (TPSA) is 99.3 Å². The van der Waals surface area contributed by atoms with Gasteiger partial charge in [-0.25, -0.2) is 4.79 Å². The molecule has 1 rings (SSSR count). The number of hydrogen-bond acceptors (Lipinski definition) is 4. The van der Waals surface area contributed by atoms with Crippen molar-refractivity contribution in [1.29, 1.82) is 0 Å². The normalized spacial score (nSPS) is 9.55. The third-order valence-electron chi connectivity index (χ3n) is 2.37. The summed E-state index contributed by atoms with van der Waals surface area (Å²) >= 11 is 3.28. The van der Waals surface area contributed by atoms with Crippen molar-refractivity contribution in [3.63, 3.8) is 0 Å². The maximum absolute atomic E-state index is 11.7. The van der Waals surface area contributed by atoms with Gasteiger partial charge in [0.2, 0.25) is 5.91 Å². The highest BCUT2D eigenvalue weighted by Crippen LogP contribution is 2.20. The second-order valence-electron chi connectivity index (χ2n) is 3.75. The molecule has 0 atom stereocenters. The maximum atomic E-state index is 11.7. The van der Waals surface area contributed by atoms with Crippen molar-refractivity contribution in [2.45, 2.75) is 0 Å². The van der Waals surface area contributed by atoms with Gasteiger partial charge in [-0.15, -0.1) is 0 Å². The number of anilines is 1. The lowest BCUT2D eigenvalue weighted by atomic mass is 10.1. The predicted octanol–water partition coefficient (Wildman–Crippen LogP) is 0.676. The van der Waals surface area contributed by atoms with E-state index in [9.17, 15) is 14.4 Å². The first kappa shape index (κ1) is 16.0. The summed E-state index contributed by atoms with van der Waals surface area (Å²) in [7, 11) is 2.93. The van der Waals surface area contributed by atoms with E-state index in [-0.39, 0.29) is 12.5 Å². The number of carbonyl (C=O) groups excluding carboxylic acids is 3. The number of hydrogen-bond donors (Lipinski definition) is 4. The average molecular weight is 343 g/mol. The highest BCUT2D eigenvalue weighted by Gasteiger charge is 2.12. The molecule has 0 heterocycles. The fourth-order valence-electron chi connectivity index (χ4n) is 1.40. The summed E-state index contributed by atoms with van der Waals surface area (Å²) in [6.07, 6.45) is 0. The first-order valence-electron chi connectivity index (χ1n) is 5.75. The van der Waals surface area contributed by atoms with Gasteiger partial charge in [-0.05, 0) is 18.2 Å². The van der Waals surface area contributed by atoms with Crippen molar-refractivity contribution in [1.82, 2.24) is 16.0 Å². The highest BCUT2D eigenvalue weighted by atomic mass is 79.9. The Hall–Kier alpha value is -2.09. The SMILES string of the molecule is CNC(=O)NC(=O)CNc1ccc(Br)cc1C(=O)NC. The van der Waals surface area contributed by atoms with Gasteiger partial charge in [-0.3, -0.25) is 14.9 Å². The lowest BCUT2D eigenvalue weighted by Gasteiger charge is -2.11. The molecule has 108 valence electrons. The van der Waals surface area contributed by atoms with E-state index >= 15 is 0 Å². The van der Waals surface area contributed by atoms with E-state index in [0.717, 1.165) is 4.47 Å². The second-order valence-corrected chi connectivity index (χ2v) is 4.67. The number of rotatable bonds is 4. The van der Waals surface area contributed by atoms with Crippen LogP contribution in [0.4, 0.5) is 10.5 Å². The van der Waals surface area contributed by atoms with E-state index < -0.39 is 11.9 Å². The number of amides is 4. The molecular weight excluding hydrogens is 328 g/mol. The number of carbonyl (C=O) groups is 3. The van der Waals surface area contributed by atoms with E-state index in [1.54, 1.807) is 18.2 Å². The zero-order valence-electron chi connectivity index (χ0n) is 11.0. The number of benzene rings is 1. The zero-order chi connectivity index (χ0) is 15.1. The summed E-state index contributed by atoms with van der Waals surface area (Å²) in [6.45, 7) is -0.126. The monoisotopic (exact) mass is 342 g/mol. The molecule has 0 aliphatic heterocycles. The number of imide groups is 1. The van der Waals surface area contributed by atoms with Gasteiger partial charge in [-0.1, -0.05) is 15.9 Å². The van der Waals surface area contributed by atoms with E-state index in [4.69, 9.17) is 0 Å². The summed E-state index contributed by atoms with van der Waals surface area (Å²) in [5.41, 5.74) is 0.897. The van der Waals surface area contributed by atoms with Crippen molar-refractivity contribution in [3.8, 4) is 0 Å². The maximum Gasteiger partial charge on any atom is 0.321 e. The molecule has 0 bridgehead atoms. The fraction of sp³-hybridized carbons (Fsp3) is 0.250. The Morgan fingerprint density at radius 2 is 1.85 bits per heavy atom. The van der Waals surface area contributed by atoms with Crippen LogP contribution in [-0.4, -0.2) is 38.5 Å². The molecule has 1 aromatic carbocycles. The lowest BCUT2D eigenvalue weighted by molar-refractivity contribution is -0.118. The predicted molar refractivity (Wildman–Crippen MR) is 78.6 cm³/mol. The average Bonchev–Trinajstić information content (AvgIpc) is 2.44. The molecule has 0 saturated heterocycles. The van der Waals surface area contributed by atoms with Crippen LogP contribution in [0.5, 0.6) is 0 Å². The molecule has 0 radical (unpaired) electrons. The molecule has 8 heteroatoms. The van der Waals surface area contributed by atoms with Gasteiger partial charge >= 0.3 is 6.03 Å². The molecule has 4 N–H and O–H groups in total. The molecule has 0 aliphatic carbocycles. The Labute approximate surface area is 124 Å². The first-order valence-corrected chi connectivity index (χ1v) is 6.54. The summed E-state index contributed by atoms with van der Waals surface area (Å²) < 4.78 is 0.747. The lowest BCUT2D eigenvalue weighted by Crippen LogP contribution is -2.40. The molecule has 0 fully saturated rings.